The van der Waals surface area contributed by atoms with Gasteiger partial charge in [-0.2, -0.15) is 0 Å². The first-order valence-corrected chi connectivity index (χ1v) is 6.51. The Hall–Kier alpha value is -0.820. The number of hydrogen-bond acceptors (Lipinski definition) is 1. The highest BCUT2D eigenvalue weighted by atomic mass is 16.3. The van der Waals surface area contributed by atoms with Crippen molar-refractivity contribution in [1.82, 2.24) is 0 Å². The van der Waals surface area contributed by atoms with Crippen LogP contribution in [-0.4, -0.2) is 10.7 Å². The molecule has 1 aromatic rings. The Morgan fingerprint density at radius 2 is 1.47 bits per heavy atom. The van der Waals surface area contributed by atoms with E-state index in [4.69, 9.17) is 0 Å². The van der Waals surface area contributed by atoms with Gasteiger partial charge in [0.05, 0.1) is 5.60 Å². The summed E-state index contributed by atoms with van der Waals surface area (Å²) in [6.45, 7) is 8.80. The summed E-state index contributed by atoms with van der Waals surface area (Å²) in [4.78, 5) is 0. The third kappa shape index (κ3) is 2.71. The van der Waals surface area contributed by atoms with Crippen LogP contribution in [0.1, 0.15) is 52.5 Å². The fourth-order valence-corrected chi connectivity index (χ4v) is 4.16. The van der Waals surface area contributed by atoms with Crippen LogP contribution < -0.4 is 0 Å². The van der Waals surface area contributed by atoms with E-state index in [2.05, 4.69) is 51.1 Å². The van der Waals surface area contributed by atoms with Gasteiger partial charge in [0.15, 0.2) is 0 Å². The van der Waals surface area contributed by atoms with Crippen molar-refractivity contribution in [3.8, 4) is 0 Å². The molecule has 94 valence electrons. The van der Waals surface area contributed by atoms with Gasteiger partial charge in [0, 0.05) is 0 Å². The Morgan fingerprint density at radius 3 is 2.00 bits per heavy atom. The Morgan fingerprint density at radius 1 is 0.882 bits per heavy atom. The molecule has 0 saturated heterocycles. The van der Waals surface area contributed by atoms with E-state index in [1.165, 1.54) is 5.56 Å². The zero-order chi connectivity index (χ0) is 12.7. The van der Waals surface area contributed by atoms with Gasteiger partial charge in [-0.25, -0.2) is 0 Å². The predicted octanol–water partition coefficient (Wildman–Crippen LogP) is 3.91. The lowest BCUT2D eigenvalue weighted by Crippen LogP contribution is -2.47. The van der Waals surface area contributed by atoms with Crippen LogP contribution in [0.2, 0.25) is 0 Å². The van der Waals surface area contributed by atoms with Crippen LogP contribution in [0.3, 0.4) is 0 Å². The number of rotatable bonds is 1. The van der Waals surface area contributed by atoms with Gasteiger partial charge in [0.1, 0.15) is 0 Å². The maximum atomic E-state index is 10.5. The second-order valence-electron chi connectivity index (χ2n) is 7.12. The summed E-state index contributed by atoms with van der Waals surface area (Å²) in [5.41, 5.74) is 1.10. The molecule has 0 spiro atoms. The highest BCUT2D eigenvalue weighted by Crippen LogP contribution is 2.51. The molecule has 1 heteroatoms. The highest BCUT2D eigenvalue weighted by Gasteiger charge is 2.46. The molecule has 1 N–H and O–H groups in total. The monoisotopic (exact) mass is 232 g/mol. The molecule has 0 amide bonds. The molecule has 0 heterocycles. The van der Waals surface area contributed by atoms with Crippen molar-refractivity contribution < 1.29 is 5.11 Å². The summed E-state index contributed by atoms with van der Waals surface area (Å²) in [5, 5.41) is 10.5. The summed E-state index contributed by atoms with van der Waals surface area (Å²) in [5.74, 6) is 0. The molecule has 1 aromatic carbocycles. The van der Waals surface area contributed by atoms with E-state index in [-0.39, 0.29) is 10.8 Å². The molecular formula is C16H24O. The Labute approximate surface area is 105 Å². The van der Waals surface area contributed by atoms with Crippen LogP contribution in [0.5, 0.6) is 0 Å². The van der Waals surface area contributed by atoms with Gasteiger partial charge in [0.25, 0.3) is 0 Å². The third-order valence-electron chi connectivity index (χ3n) is 3.97. The van der Waals surface area contributed by atoms with Crippen LogP contribution in [-0.2, 0) is 5.41 Å². The standard InChI is InChI=1S/C16H24O/c1-14(2)10-15(3,12-16(4,17)11-14)13-8-6-5-7-9-13/h5-9,17H,10-12H2,1-4H3. The van der Waals surface area contributed by atoms with Crippen LogP contribution in [0.4, 0.5) is 0 Å². The van der Waals surface area contributed by atoms with Crippen molar-refractivity contribution in [3.63, 3.8) is 0 Å². The molecule has 1 saturated carbocycles. The molecule has 1 fully saturated rings. The van der Waals surface area contributed by atoms with Gasteiger partial charge in [-0.3, -0.25) is 0 Å². The molecule has 2 rings (SSSR count). The molecule has 17 heavy (non-hydrogen) atoms. The smallest absolute Gasteiger partial charge is 0.0633 e. The minimum absolute atomic E-state index is 0.0898. The van der Waals surface area contributed by atoms with Gasteiger partial charge in [0.2, 0.25) is 0 Å². The quantitative estimate of drug-likeness (QED) is 0.778. The summed E-state index contributed by atoms with van der Waals surface area (Å²) in [6, 6.07) is 10.6. The number of aliphatic hydroxyl groups is 1. The van der Waals surface area contributed by atoms with Gasteiger partial charge < -0.3 is 5.11 Å². The van der Waals surface area contributed by atoms with Crippen molar-refractivity contribution >= 4 is 0 Å². The molecule has 2 atom stereocenters. The minimum Gasteiger partial charge on any atom is -0.390 e. The number of hydrogen-bond donors (Lipinski definition) is 1. The lowest BCUT2D eigenvalue weighted by molar-refractivity contribution is -0.0547. The van der Waals surface area contributed by atoms with E-state index < -0.39 is 5.60 Å². The molecule has 1 aliphatic carbocycles. The molecule has 1 nitrogen and oxygen atoms in total. The summed E-state index contributed by atoms with van der Waals surface area (Å²) in [7, 11) is 0. The van der Waals surface area contributed by atoms with Crippen molar-refractivity contribution in [2.75, 3.05) is 0 Å². The first kappa shape index (κ1) is 12.6. The molecule has 0 radical (unpaired) electrons. The van der Waals surface area contributed by atoms with Gasteiger partial charge in [-0.1, -0.05) is 51.1 Å². The average molecular weight is 232 g/mol. The van der Waals surface area contributed by atoms with E-state index in [1.807, 2.05) is 6.92 Å². The first-order chi connectivity index (χ1) is 7.73. The lowest BCUT2D eigenvalue weighted by Gasteiger charge is -2.50. The topological polar surface area (TPSA) is 20.2 Å². The molecular weight excluding hydrogens is 208 g/mol. The molecule has 0 aliphatic heterocycles. The SMILES string of the molecule is CC1(C)CC(C)(O)CC(C)(c2ccccc2)C1. The fourth-order valence-electron chi connectivity index (χ4n) is 4.16. The maximum absolute atomic E-state index is 10.5. The first-order valence-electron chi connectivity index (χ1n) is 6.51. The summed E-state index contributed by atoms with van der Waals surface area (Å²) < 4.78 is 0. The predicted molar refractivity (Wildman–Crippen MR) is 72.0 cm³/mol. The largest absolute Gasteiger partial charge is 0.390 e. The van der Waals surface area contributed by atoms with Gasteiger partial charge >= 0.3 is 0 Å². The number of benzene rings is 1. The zero-order valence-corrected chi connectivity index (χ0v) is 11.5. The zero-order valence-electron chi connectivity index (χ0n) is 11.5. The summed E-state index contributed by atoms with van der Waals surface area (Å²) in [6.07, 6.45) is 2.88. The maximum Gasteiger partial charge on any atom is 0.0633 e. The van der Waals surface area contributed by atoms with E-state index in [0.29, 0.717) is 0 Å². The second-order valence-corrected chi connectivity index (χ2v) is 7.12. The minimum atomic E-state index is -0.549. The van der Waals surface area contributed by atoms with Gasteiger partial charge in [-0.05, 0) is 42.6 Å². The lowest BCUT2D eigenvalue weighted by atomic mass is 9.57. The molecule has 1 aliphatic rings. The second kappa shape index (κ2) is 3.84. The van der Waals surface area contributed by atoms with Crippen LogP contribution in [0, 0.1) is 5.41 Å². The van der Waals surface area contributed by atoms with E-state index in [9.17, 15) is 5.11 Å². The van der Waals surface area contributed by atoms with Crippen LogP contribution >= 0.6 is 0 Å². The normalized spacial score (nSPS) is 36.8. The molecule has 0 aromatic heterocycles. The summed E-state index contributed by atoms with van der Waals surface area (Å²) >= 11 is 0. The van der Waals surface area contributed by atoms with Crippen LogP contribution in [0.25, 0.3) is 0 Å². The van der Waals surface area contributed by atoms with Crippen molar-refractivity contribution in [3.05, 3.63) is 35.9 Å². The Bertz CT molecular complexity index is 373. The highest BCUT2D eigenvalue weighted by molar-refractivity contribution is 5.27. The van der Waals surface area contributed by atoms with Crippen LogP contribution in [0.15, 0.2) is 30.3 Å². The molecule has 0 bridgehead atoms. The van der Waals surface area contributed by atoms with E-state index in [0.717, 1.165) is 19.3 Å². The van der Waals surface area contributed by atoms with Crippen molar-refractivity contribution in [2.24, 2.45) is 5.41 Å². The van der Waals surface area contributed by atoms with E-state index >= 15 is 0 Å². The Balaban J connectivity index is 2.37. The van der Waals surface area contributed by atoms with E-state index in [1.54, 1.807) is 0 Å². The molecule has 2 unspecified atom stereocenters. The average Bonchev–Trinajstić information content (AvgIpc) is 2.13. The van der Waals surface area contributed by atoms with Crippen molar-refractivity contribution in [1.29, 1.82) is 0 Å². The van der Waals surface area contributed by atoms with Gasteiger partial charge in [-0.15, -0.1) is 0 Å². The van der Waals surface area contributed by atoms with Crippen molar-refractivity contribution in [2.45, 2.75) is 58.0 Å². The fraction of sp³-hybridized carbons (Fsp3) is 0.625. The Kier molecular flexibility index (Phi) is 2.86. The third-order valence-corrected chi connectivity index (χ3v) is 3.97.